The SMILES string of the molecule is FC(F)(F)c1ccc2c(c1)[nH]c(=S)n2Cc1cccnc1. The number of pyridine rings is 1. The Bertz CT molecular complexity index is 834. The molecule has 3 nitrogen and oxygen atoms in total. The molecular weight excluding hydrogens is 299 g/mol. The first kappa shape index (κ1) is 13.8. The number of H-pyrrole nitrogens is 1. The molecule has 0 saturated heterocycles. The summed E-state index contributed by atoms with van der Waals surface area (Å²) >= 11 is 5.19. The van der Waals surface area contributed by atoms with Crippen molar-refractivity contribution in [3.63, 3.8) is 0 Å². The smallest absolute Gasteiger partial charge is 0.331 e. The highest BCUT2D eigenvalue weighted by Gasteiger charge is 2.30. The maximum Gasteiger partial charge on any atom is 0.416 e. The lowest BCUT2D eigenvalue weighted by Gasteiger charge is -2.07. The fourth-order valence-corrected chi connectivity index (χ4v) is 2.44. The molecule has 2 aromatic heterocycles. The predicted molar refractivity (Wildman–Crippen MR) is 75.5 cm³/mol. The minimum Gasteiger partial charge on any atom is -0.331 e. The van der Waals surface area contributed by atoms with E-state index in [1.165, 1.54) is 6.07 Å². The van der Waals surface area contributed by atoms with Gasteiger partial charge in [0.2, 0.25) is 0 Å². The number of fused-ring (bicyclic) bond motifs is 1. The number of benzene rings is 1. The van der Waals surface area contributed by atoms with Gasteiger partial charge < -0.3 is 9.55 Å². The zero-order valence-electron chi connectivity index (χ0n) is 10.7. The molecule has 0 atom stereocenters. The van der Waals surface area contributed by atoms with Crippen molar-refractivity contribution < 1.29 is 13.2 Å². The van der Waals surface area contributed by atoms with Crippen LogP contribution in [0.4, 0.5) is 13.2 Å². The molecule has 0 unspecified atom stereocenters. The normalized spacial score (nSPS) is 12.0. The molecule has 0 aliphatic carbocycles. The number of hydrogen-bond donors (Lipinski definition) is 1. The van der Waals surface area contributed by atoms with Crippen LogP contribution < -0.4 is 0 Å². The molecule has 3 rings (SSSR count). The van der Waals surface area contributed by atoms with E-state index in [1.54, 1.807) is 23.0 Å². The highest BCUT2D eigenvalue weighted by atomic mass is 32.1. The molecule has 0 saturated carbocycles. The maximum atomic E-state index is 12.7. The lowest BCUT2D eigenvalue weighted by Crippen LogP contribution is -2.04. The van der Waals surface area contributed by atoms with E-state index in [2.05, 4.69) is 9.97 Å². The van der Waals surface area contributed by atoms with Crippen molar-refractivity contribution in [2.24, 2.45) is 0 Å². The van der Waals surface area contributed by atoms with Gasteiger partial charge in [0.05, 0.1) is 23.1 Å². The van der Waals surface area contributed by atoms with Crippen LogP contribution >= 0.6 is 12.2 Å². The van der Waals surface area contributed by atoms with Gasteiger partial charge in [-0.15, -0.1) is 0 Å². The number of aromatic amines is 1. The average Bonchev–Trinajstić information content (AvgIpc) is 2.75. The molecule has 1 N–H and O–H groups in total. The van der Waals surface area contributed by atoms with Crippen molar-refractivity contribution in [1.29, 1.82) is 0 Å². The lowest BCUT2D eigenvalue weighted by molar-refractivity contribution is -0.137. The highest BCUT2D eigenvalue weighted by Crippen LogP contribution is 2.31. The second-order valence-electron chi connectivity index (χ2n) is 4.61. The fraction of sp³-hybridized carbons (Fsp3) is 0.143. The van der Waals surface area contributed by atoms with Gasteiger partial charge in [-0.3, -0.25) is 4.98 Å². The van der Waals surface area contributed by atoms with E-state index in [9.17, 15) is 13.2 Å². The second kappa shape index (κ2) is 5.00. The Morgan fingerprint density at radius 2 is 2.05 bits per heavy atom. The standard InChI is InChI=1S/C14H10F3N3S/c15-14(16,17)10-3-4-12-11(6-10)19-13(21)20(12)8-9-2-1-5-18-7-9/h1-7H,8H2,(H,19,21). The number of aromatic nitrogens is 3. The van der Waals surface area contributed by atoms with E-state index < -0.39 is 11.7 Å². The molecule has 0 amide bonds. The third-order valence-electron chi connectivity index (χ3n) is 3.16. The van der Waals surface area contributed by atoms with Gasteiger partial charge in [-0.2, -0.15) is 13.2 Å². The van der Waals surface area contributed by atoms with E-state index in [4.69, 9.17) is 12.2 Å². The zero-order chi connectivity index (χ0) is 15.0. The first-order valence-corrected chi connectivity index (χ1v) is 6.54. The van der Waals surface area contributed by atoms with E-state index in [0.29, 0.717) is 22.3 Å². The van der Waals surface area contributed by atoms with Gasteiger partial charge in [-0.25, -0.2) is 0 Å². The second-order valence-corrected chi connectivity index (χ2v) is 4.99. The van der Waals surface area contributed by atoms with Crippen molar-refractivity contribution in [2.75, 3.05) is 0 Å². The van der Waals surface area contributed by atoms with Crippen LogP contribution in [0.15, 0.2) is 42.7 Å². The highest BCUT2D eigenvalue weighted by molar-refractivity contribution is 7.71. The molecule has 0 aliphatic heterocycles. The van der Waals surface area contributed by atoms with Crippen molar-refractivity contribution in [3.8, 4) is 0 Å². The van der Waals surface area contributed by atoms with Gasteiger partial charge >= 0.3 is 6.18 Å². The van der Waals surface area contributed by atoms with Crippen molar-refractivity contribution in [2.45, 2.75) is 12.7 Å². The lowest BCUT2D eigenvalue weighted by atomic mass is 10.2. The fourth-order valence-electron chi connectivity index (χ4n) is 2.17. The van der Waals surface area contributed by atoms with Gasteiger partial charge in [0.1, 0.15) is 0 Å². The number of nitrogens with zero attached hydrogens (tertiary/aromatic N) is 2. The third-order valence-corrected chi connectivity index (χ3v) is 3.49. The summed E-state index contributed by atoms with van der Waals surface area (Å²) in [4.78, 5) is 6.83. The topological polar surface area (TPSA) is 33.6 Å². The summed E-state index contributed by atoms with van der Waals surface area (Å²) in [5, 5.41) is 0. The Labute approximate surface area is 123 Å². The van der Waals surface area contributed by atoms with Gasteiger partial charge in [0.25, 0.3) is 0 Å². The summed E-state index contributed by atoms with van der Waals surface area (Å²) in [6.07, 6.45) is -1.01. The largest absolute Gasteiger partial charge is 0.416 e. The van der Waals surface area contributed by atoms with E-state index in [-0.39, 0.29) is 0 Å². The van der Waals surface area contributed by atoms with E-state index in [1.807, 2.05) is 6.07 Å². The van der Waals surface area contributed by atoms with Crippen molar-refractivity contribution in [3.05, 3.63) is 58.6 Å². The summed E-state index contributed by atoms with van der Waals surface area (Å²) in [7, 11) is 0. The predicted octanol–water partition coefficient (Wildman–Crippen LogP) is 4.16. The molecular formula is C14H10F3N3S. The molecule has 0 bridgehead atoms. The van der Waals surface area contributed by atoms with Crippen molar-refractivity contribution in [1.82, 2.24) is 14.5 Å². The molecule has 1 aromatic carbocycles. The quantitative estimate of drug-likeness (QED) is 0.721. The van der Waals surface area contributed by atoms with Gasteiger partial charge in [-0.05, 0) is 42.0 Å². The number of nitrogens with one attached hydrogen (secondary N) is 1. The molecule has 7 heteroatoms. The number of imidazole rings is 1. The minimum atomic E-state index is -4.37. The zero-order valence-corrected chi connectivity index (χ0v) is 11.5. The monoisotopic (exact) mass is 309 g/mol. The molecule has 0 fully saturated rings. The third kappa shape index (κ3) is 2.69. The number of alkyl halides is 3. The van der Waals surface area contributed by atoms with Crippen LogP contribution in [0.1, 0.15) is 11.1 Å². The van der Waals surface area contributed by atoms with Crippen LogP contribution in [0.5, 0.6) is 0 Å². The van der Waals surface area contributed by atoms with E-state index in [0.717, 1.165) is 17.7 Å². The molecule has 108 valence electrons. The Hall–Kier alpha value is -2.15. The molecule has 0 spiro atoms. The van der Waals surface area contributed by atoms with Crippen LogP contribution in [0.25, 0.3) is 11.0 Å². The van der Waals surface area contributed by atoms with Gasteiger partial charge in [-0.1, -0.05) is 6.07 Å². The van der Waals surface area contributed by atoms with E-state index >= 15 is 0 Å². The number of rotatable bonds is 2. The molecule has 0 aliphatic rings. The summed E-state index contributed by atoms with van der Waals surface area (Å²) in [6, 6.07) is 7.25. The first-order valence-electron chi connectivity index (χ1n) is 6.14. The van der Waals surface area contributed by atoms with Gasteiger partial charge in [0, 0.05) is 12.4 Å². The Balaban J connectivity index is 2.08. The minimum absolute atomic E-state index is 0.374. The summed E-state index contributed by atoms with van der Waals surface area (Å²) in [5.41, 5.74) is 1.24. The first-order chi connectivity index (χ1) is 9.95. The summed E-state index contributed by atoms with van der Waals surface area (Å²) in [6.45, 7) is 0.456. The Kier molecular flexibility index (Phi) is 3.29. The maximum absolute atomic E-state index is 12.7. The molecule has 21 heavy (non-hydrogen) atoms. The van der Waals surface area contributed by atoms with Crippen LogP contribution in [0, 0.1) is 4.77 Å². The van der Waals surface area contributed by atoms with Gasteiger partial charge in [0.15, 0.2) is 4.77 Å². The Morgan fingerprint density at radius 1 is 1.24 bits per heavy atom. The molecule has 2 heterocycles. The average molecular weight is 309 g/mol. The molecule has 3 aromatic rings. The number of halogens is 3. The summed E-state index contributed by atoms with van der Waals surface area (Å²) < 4.78 is 40.3. The van der Waals surface area contributed by atoms with Crippen LogP contribution in [-0.2, 0) is 12.7 Å². The van der Waals surface area contributed by atoms with Crippen LogP contribution in [0.3, 0.4) is 0 Å². The summed E-state index contributed by atoms with van der Waals surface area (Å²) in [5.74, 6) is 0. The Morgan fingerprint density at radius 3 is 2.71 bits per heavy atom. The molecule has 0 radical (unpaired) electrons. The number of hydrogen-bond acceptors (Lipinski definition) is 2. The van der Waals surface area contributed by atoms with Crippen LogP contribution in [-0.4, -0.2) is 14.5 Å². The van der Waals surface area contributed by atoms with Crippen LogP contribution in [0.2, 0.25) is 0 Å². The van der Waals surface area contributed by atoms with Crippen molar-refractivity contribution >= 4 is 23.3 Å².